The van der Waals surface area contributed by atoms with Crippen molar-refractivity contribution in [1.29, 1.82) is 0 Å². The fourth-order valence-electron chi connectivity index (χ4n) is 2.21. The van der Waals surface area contributed by atoms with Crippen LogP contribution in [0.3, 0.4) is 0 Å². The molecule has 0 bridgehead atoms. The van der Waals surface area contributed by atoms with E-state index in [0.29, 0.717) is 18.4 Å². The number of hydrogen-bond acceptors (Lipinski definition) is 2. The van der Waals surface area contributed by atoms with E-state index < -0.39 is 11.7 Å². The summed E-state index contributed by atoms with van der Waals surface area (Å²) in [7, 11) is 1.81. The van der Waals surface area contributed by atoms with Crippen molar-refractivity contribution in [3.05, 3.63) is 65.5 Å². The van der Waals surface area contributed by atoms with Gasteiger partial charge >= 0.3 is 6.18 Å². The summed E-state index contributed by atoms with van der Waals surface area (Å²) in [6.45, 7) is 0. The third-order valence-electron chi connectivity index (χ3n) is 3.33. The highest BCUT2D eigenvalue weighted by molar-refractivity contribution is 5.26. The summed E-state index contributed by atoms with van der Waals surface area (Å²) in [6, 6.07) is 11.2. The fourth-order valence-corrected chi connectivity index (χ4v) is 2.21. The van der Waals surface area contributed by atoms with Crippen molar-refractivity contribution in [1.82, 2.24) is 10.3 Å². The molecule has 112 valence electrons. The Bertz CT molecular complexity index is 567. The summed E-state index contributed by atoms with van der Waals surface area (Å²) < 4.78 is 38.1. The van der Waals surface area contributed by atoms with E-state index in [-0.39, 0.29) is 6.04 Å². The molecular formula is C16H17F3N2. The van der Waals surface area contributed by atoms with E-state index in [4.69, 9.17) is 0 Å². The summed E-state index contributed by atoms with van der Waals surface area (Å²) in [4.78, 5) is 4.24. The van der Waals surface area contributed by atoms with Gasteiger partial charge in [0.25, 0.3) is 0 Å². The highest BCUT2D eigenvalue weighted by Gasteiger charge is 2.30. The van der Waals surface area contributed by atoms with Crippen LogP contribution in [0.2, 0.25) is 0 Å². The lowest BCUT2D eigenvalue weighted by molar-refractivity contribution is -0.137. The van der Waals surface area contributed by atoms with E-state index in [9.17, 15) is 13.2 Å². The normalized spacial score (nSPS) is 13.1. The van der Waals surface area contributed by atoms with Crippen molar-refractivity contribution in [2.75, 3.05) is 7.05 Å². The molecule has 0 aliphatic heterocycles. The monoisotopic (exact) mass is 294 g/mol. The first-order valence-corrected chi connectivity index (χ1v) is 6.72. The highest BCUT2D eigenvalue weighted by Crippen LogP contribution is 2.29. The Morgan fingerprint density at radius 1 is 1.10 bits per heavy atom. The van der Waals surface area contributed by atoms with Gasteiger partial charge in [-0.3, -0.25) is 4.98 Å². The van der Waals surface area contributed by atoms with E-state index in [1.54, 1.807) is 19.3 Å². The van der Waals surface area contributed by atoms with Crippen molar-refractivity contribution < 1.29 is 13.2 Å². The Morgan fingerprint density at radius 2 is 1.90 bits per heavy atom. The zero-order valence-electron chi connectivity index (χ0n) is 11.7. The maximum atomic E-state index is 12.7. The van der Waals surface area contributed by atoms with Crippen LogP contribution in [0.15, 0.2) is 48.7 Å². The number of nitrogens with zero attached hydrogens (tertiary/aromatic N) is 1. The first-order valence-electron chi connectivity index (χ1n) is 6.72. The third-order valence-corrected chi connectivity index (χ3v) is 3.33. The maximum Gasteiger partial charge on any atom is 0.416 e. The van der Waals surface area contributed by atoms with Gasteiger partial charge in [0.05, 0.1) is 5.56 Å². The summed E-state index contributed by atoms with van der Waals surface area (Å²) in [5, 5.41) is 3.14. The second kappa shape index (κ2) is 6.72. The lowest BCUT2D eigenvalue weighted by Gasteiger charge is -2.17. The second-order valence-corrected chi connectivity index (χ2v) is 4.91. The largest absolute Gasteiger partial charge is 0.416 e. The van der Waals surface area contributed by atoms with Crippen molar-refractivity contribution in [2.45, 2.75) is 25.1 Å². The van der Waals surface area contributed by atoms with Gasteiger partial charge in [0, 0.05) is 24.4 Å². The smallest absolute Gasteiger partial charge is 0.316 e. The molecule has 0 saturated heterocycles. The molecule has 0 spiro atoms. The van der Waals surface area contributed by atoms with Gasteiger partial charge in [-0.25, -0.2) is 0 Å². The molecule has 1 aromatic heterocycles. The Morgan fingerprint density at radius 3 is 2.52 bits per heavy atom. The number of aromatic nitrogens is 1. The zero-order valence-corrected chi connectivity index (χ0v) is 11.7. The van der Waals surface area contributed by atoms with Gasteiger partial charge in [-0.15, -0.1) is 0 Å². The molecule has 2 rings (SSSR count). The minimum atomic E-state index is -4.30. The molecule has 0 radical (unpaired) electrons. The summed E-state index contributed by atoms with van der Waals surface area (Å²) >= 11 is 0. The predicted octanol–water partition coefficient (Wildman–Crippen LogP) is 3.47. The zero-order chi connectivity index (χ0) is 15.3. The molecule has 2 aromatic rings. The number of halogens is 3. The number of hydrogen-bond donors (Lipinski definition) is 1. The van der Waals surface area contributed by atoms with Crippen LogP contribution in [-0.4, -0.2) is 18.1 Å². The predicted molar refractivity (Wildman–Crippen MR) is 75.9 cm³/mol. The quantitative estimate of drug-likeness (QED) is 0.913. The minimum absolute atomic E-state index is 0.0448. The maximum absolute atomic E-state index is 12.7. The van der Waals surface area contributed by atoms with Crippen molar-refractivity contribution >= 4 is 0 Å². The van der Waals surface area contributed by atoms with Gasteiger partial charge in [-0.1, -0.05) is 24.3 Å². The number of pyridine rings is 1. The topological polar surface area (TPSA) is 24.9 Å². The highest BCUT2D eigenvalue weighted by atomic mass is 19.4. The number of likely N-dealkylation sites (N-methyl/N-ethyl adjacent to an activating group) is 1. The van der Waals surface area contributed by atoms with Gasteiger partial charge in [0.1, 0.15) is 0 Å². The van der Waals surface area contributed by atoms with Crippen LogP contribution < -0.4 is 5.32 Å². The van der Waals surface area contributed by atoms with Crippen LogP contribution in [0.1, 0.15) is 16.8 Å². The molecular weight excluding hydrogens is 277 g/mol. The number of rotatable bonds is 5. The van der Waals surface area contributed by atoms with Gasteiger partial charge in [-0.2, -0.15) is 13.2 Å². The van der Waals surface area contributed by atoms with Crippen LogP contribution >= 0.6 is 0 Å². The van der Waals surface area contributed by atoms with E-state index in [0.717, 1.165) is 11.8 Å². The molecule has 1 atom stereocenters. The minimum Gasteiger partial charge on any atom is -0.316 e. The van der Waals surface area contributed by atoms with E-state index in [1.165, 1.54) is 12.1 Å². The number of nitrogens with one attached hydrogen (secondary N) is 1. The van der Waals surface area contributed by atoms with E-state index >= 15 is 0 Å². The SMILES string of the molecule is CNC(Cc1cccc(C(F)(F)F)c1)Cc1ccccn1. The molecule has 21 heavy (non-hydrogen) atoms. The van der Waals surface area contributed by atoms with Gasteiger partial charge in [-0.05, 0) is 37.2 Å². The molecule has 0 aliphatic carbocycles. The Balaban J connectivity index is 2.08. The summed E-state index contributed by atoms with van der Waals surface area (Å²) in [5.41, 5.74) is 0.983. The fraction of sp³-hybridized carbons (Fsp3) is 0.312. The molecule has 0 saturated carbocycles. The lowest BCUT2D eigenvalue weighted by Crippen LogP contribution is -2.30. The average molecular weight is 294 g/mol. The molecule has 5 heteroatoms. The molecule has 1 unspecified atom stereocenters. The first kappa shape index (κ1) is 15.5. The van der Waals surface area contributed by atoms with E-state index in [1.807, 2.05) is 18.2 Å². The van der Waals surface area contributed by atoms with Crippen LogP contribution in [0.25, 0.3) is 0 Å². The van der Waals surface area contributed by atoms with E-state index in [2.05, 4.69) is 10.3 Å². The number of alkyl halides is 3. The number of benzene rings is 1. The molecule has 2 nitrogen and oxygen atoms in total. The Labute approximate surface area is 122 Å². The molecule has 1 heterocycles. The summed E-state index contributed by atoms with van der Waals surface area (Å²) in [6.07, 6.45) is -1.39. The third kappa shape index (κ3) is 4.56. The first-order chi connectivity index (χ1) is 9.99. The van der Waals surface area contributed by atoms with Crippen LogP contribution in [-0.2, 0) is 19.0 Å². The van der Waals surface area contributed by atoms with Gasteiger partial charge in [0.15, 0.2) is 0 Å². The van der Waals surface area contributed by atoms with Gasteiger partial charge < -0.3 is 5.32 Å². The van der Waals surface area contributed by atoms with Crippen molar-refractivity contribution in [3.8, 4) is 0 Å². The van der Waals surface area contributed by atoms with Crippen LogP contribution in [0, 0.1) is 0 Å². The van der Waals surface area contributed by atoms with Crippen molar-refractivity contribution in [2.24, 2.45) is 0 Å². The molecule has 1 N–H and O–H groups in total. The summed E-state index contributed by atoms with van der Waals surface area (Å²) in [5.74, 6) is 0. The average Bonchev–Trinajstić information content (AvgIpc) is 2.47. The second-order valence-electron chi connectivity index (χ2n) is 4.91. The molecule has 0 fully saturated rings. The molecule has 1 aromatic carbocycles. The van der Waals surface area contributed by atoms with Crippen LogP contribution in [0.5, 0.6) is 0 Å². The van der Waals surface area contributed by atoms with Gasteiger partial charge in [0.2, 0.25) is 0 Å². The Kier molecular flexibility index (Phi) is 4.96. The lowest BCUT2D eigenvalue weighted by atomic mass is 10.00. The standard InChI is InChI=1S/C16H17F3N2/c1-20-15(11-14-7-2-3-8-21-14)10-12-5-4-6-13(9-12)16(17,18)19/h2-9,15,20H,10-11H2,1H3. The molecule has 0 amide bonds. The Hall–Kier alpha value is -1.88. The van der Waals surface area contributed by atoms with Crippen molar-refractivity contribution in [3.63, 3.8) is 0 Å². The molecule has 0 aliphatic rings. The van der Waals surface area contributed by atoms with Crippen LogP contribution in [0.4, 0.5) is 13.2 Å².